The largest absolute Gasteiger partial charge is 0.463 e. The summed E-state index contributed by atoms with van der Waals surface area (Å²) >= 11 is 0. The summed E-state index contributed by atoms with van der Waals surface area (Å²) in [5, 5.41) is 3.01. The number of nitrogens with zero attached hydrogens (tertiary/aromatic N) is 3. The minimum Gasteiger partial charge on any atom is -0.463 e. The fraction of sp³-hybridized carbons (Fsp3) is 0.583. The number of urea groups is 1. The number of amides is 2. The molecule has 1 saturated heterocycles. The maximum absolute atomic E-state index is 13.1. The molecule has 0 spiro atoms. The number of hydrogen-bond donors (Lipinski definition) is 1. The number of rotatable bonds is 5. The van der Waals surface area contributed by atoms with Crippen molar-refractivity contribution in [1.29, 1.82) is 0 Å². The zero-order valence-electron chi connectivity index (χ0n) is 19.7. The van der Waals surface area contributed by atoms with Gasteiger partial charge in [-0.15, -0.1) is 0 Å². The number of esters is 1. The summed E-state index contributed by atoms with van der Waals surface area (Å²) in [7, 11) is 3.83. The number of carbonyl (C=O) groups is 2. The Kier molecular flexibility index (Phi) is 7.06. The zero-order chi connectivity index (χ0) is 22.8. The zero-order valence-corrected chi connectivity index (χ0v) is 19.7. The molecule has 1 atom stereocenters. The molecule has 31 heavy (non-hydrogen) atoms. The number of nitrogens with one attached hydrogen (secondary N) is 1. The molecule has 7 nitrogen and oxygen atoms in total. The standard InChI is InChI=1S/C24H36N4O3/c1-7-31-22(29)20-19(16-28-14-12-26(5)13-15-28)27(6)23(30)25-21(20)17-8-10-18(11-9-17)24(2,3)4/h8-11,21H,7,12-16H2,1-6H3,(H,25,30)/t21-/m1/s1. The van der Waals surface area contributed by atoms with Crippen LogP contribution in [0.2, 0.25) is 0 Å². The van der Waals surface area contributed by atoms with Crippen molar-refractivity contribution in [3.8, 4) is 0 Å². The molecule has 0 radical (unpaired) electrons. The molecule has 2 heterocycles. The maximum atomic E-state index is 13.1. The molecule has 1 aromatic rings. The molecule has 2 aliphatic rings. The van der Waals surface area contributed by atoms with Crippen molar-refractivity contribution in [2.75, 3.05) is 53.4 Å². The lowest BCUT2D eigenvalue weighted by Crippen LogP contribution is -2.51. The van der Waals surface area contributed by atoms with Crippen LogP contribution in [0.15, 0.2) is 35.5 Å². The molecule has 3 rings (SSSR count). The van der Waals surface area contributed by atoms with Gasteiger partial charge in [0, 0.05) is 45.5 Å². The van der Waals surface area contributed by atoms with Gasteiger partial charge in [0.15, 0.2) is 0 Å². The third-order valence-corrected chi connectivity index (χ3v) is 6.15. The highest BCUT2D eigenvalue weighted by Gasteiger charge is 2.37. The van der Waals surface area contributed by atoms with Crippen LogP contribution in [0.3, 0.4) is 0 Å². The van der Waals surface area contributed by atoms with E-state index in [0.29, 0.717) is 12.1 Å². The fourth-order valence-corrected chi connectivity index (χ4v) is 4.04. The van der Waals surface area contributed by atoms with E-state index in [1.165, 1.54) is 5.56 Å². The Labute approximate surface area is 186 Å². The molecule has 1 N–H and O–H groups in total. The Morgan fingerprint density at radius 2 is 1.71 bits per heavy atom. The first kappa shape index (κ1) is 23.3. The molecule has 170 valence electrons. The molecular formula is C24H36N4O3. The topological polar surface area (TPSA) is 65.1 Å². The van der Waals surface area contributed by atoms with Gasteiger partial charge in [-0.25, -0.2) is 9.59 Å². The van der Waals surface area contributed by atoms with Crippen molar-refractivity contribution < 1.29 is 14.3 Å². The van der Waals surface area contributed by atoms with E-state index >= 15 is 0 Å². The van der Waals surface area contributed by atoms with E-state index in [1.54, 1.807) is 18.9 Å². The summed E-state index contributed by atoms with van der Waals surface area (Å²) in [4.78, 5) is 32.1. The minimum atomic E-state index is -0.528. The van der Waals surface area contributed by atoms with Crippen LogP contribution in [-0.2, 0) is 14.9 Å². The van der Waals surface area contributed by atoms with Gasteiger partial charge in [-0.05, 0) is 30.5 Å². The van der Waals surface area contributed by atoms with Crippen LogP contribution < -0.4 is 5.32 Å². The summed E-state index contributed by atoms with van der Waals surface area (Å²) < 4.78 is 5.43. The Morgan fingerprint density at radius 3 is 2.26 bits per heavy atom. The highest BCUT2D eigenvalue weighted by molar-refractivity contribution is 5.95. The third-order valence-electron chi connectivity index (χ3n) is 6.15. The Hall–Kier alpha value is -2.38. The summed E-state index contributed by atoms with van der Waals surface area (Å²) in [6, 6.07) is 7.42. The normalized spacial score (nSPS) is 21.3. The smallest absolute Gasteiger partial charge is 0.338 e. The second-order valence-electron chi connectivity index (χ2n) is 9.47. The first-order valence-corrected chi connectivity index (χ1v) is 11.1. The lowest BCUT2D eigenvalue weighted by Gasteiger charge is -2.39. The van der Waals surface area contributed by atoms with Gasteiger partial charge in [0.25, 0.3) is 0 Å². The molecule has 7 heteroatoms. The van der Waals surface area contributed by atoms with E-state index in [1.807, 2.05) is 12.1 Å². The van der Waals surface area contributed by atoms with Crippen LogP contribution in [0, 0.1) is 0 Å². The van der Waals surface area contributed by atoms with Crippen molar-refractivity contribution in [2.24, 2.45) is 0 Å². The molecular weight excluding hydrogens is 392 g/mol. The molecule has 2 aliphatic heterocycles. The SMILES string of the molecule is CCOC(=O)C1=C(CN2CCN(C)CC2)N(C)C(=O)N[C@@H]1c1ccc(C(C)(C)C)cc1. The predicted octanol–water partition coefficient (Wildman–Crippen LogP) is 2.74. The van der Waals surface area contributed by atoms with E-state index in [2.05, 4.69) is 55.1 Å². The number of benzene rings is 1. The lowest BCUT2D eigenvalue weighted by molar-refractivity contribution is -0.139. The quantitative estimate of drug-likeness (QED) is 0.731. The van der Waals surface area contributed by atoms with Crippen LogP contribution in [0.25, 0.3) is 0 Å². The van der Waals surface area contributed by atoms with Crippen molar-refractivity contribution in [1.82, 2.24) is 20.0 Å². The van der Waals surface area contributed by atoms with Crippen LogP contribution in [0.4, 0.5) is 4.79 Å². The fourth-order valence-electron chi connectivity index (χ4n) is 4.04. The van der Waals surface area contributed by atoms with Gasteiger partial charge >= 0.3 is 12.0 Å². The van der Waals surface area contributed by atoms with E-state index in [4.69, 9.17) is 4.74 Å². The Balaban J connectivity index is 2.00. The number of hydrogen-bond acceptors (Lipinski definition) is 5. The van der Waals surface area contributed by atoms with Gasteiger partial charge in [-0.3, -0.25) is 9.80 Å². The number of piperazine rings is 1. The number of carbonyl (C=O) groups excluding carboxylic acids is 2. The highest BCUT2D eigenvalue weighted by atomic mass is 16.5. The average Bonchev–Trinajstić information content (AvgIpc) is 2.72. The second-order valence-corrected chi connectivity index (χ2v) is 9.47. The van der Waals surface area contributed by atoms with Crippen molar-refractivity contribution >= 4 is 12.0 Å². The monoisotopic (exact) mass is 428 g/mol. The van der Waals surface area contributed by atoms with Gasteiger partial charge < -0.3 is 15.0 Å². The Morgan fingerprint density at radius 1 is 1.10 bits per heavy atom. The molecule has 1 fully saturated rings. The van der Waals surface area contributed by atoms with Crippen LogP contribution >= 0.6 is 0 Å². The van der Waals surface area contributed by atoms with Gasteiger partial charge in [-0.2, -0.15) is 0 Å². The first-order chi connectivity index (χ1) is 14.6. The molecule has 0 aliphatic carbocycles. The summed E-state index contributed by atoms with van der Waals surface area (Å²) in [5.74, 6) is -0.372. The lowest BCUT2D eigenvalue weighted by atomic mass is 9.85. The van der Waals surface area contributed by atoms with Crippen LogP contribution in [0.5, 0.6) is 0 Å². The van der Waals surface area contributed by atoms with Gasteiger partial charge in [0.05, 0.1) is 18.2 Å². The number of likely N-dealkylation sites (N-methyl/N-ethyl adjacent to an activating group) is 2. The first-order valence-electron chi connectivity index (χ1n) is 11.1. The van der Waals surface area contributed by atoms with E-state index in [-0.39, 0.29) is 24.0 Å². The summed E-state index contributed by atoms with van der Waals surface area (Å²) in [5.41, 5.74) is 3.35. The van der Waals surface area contributed by atoms with Gasteiger partial charge in [0.1, 0.15) is 0 Å². The molecule has 2 amide bonds. The predicted molar refractivity (Wildman–Crippen MR) is 122 cm³/mol. The molecule has 0 saturated carbocycles. The second kappa shape index (κ2) is 9.40. The van der Waals surface area contributed by atoms with Gasteiger partial charge in [0.2, 0.25) is 0 Å². The molecule has 0 bridgehead atoms. The van der Waals surface area contributed by atoms with E-state index in [9.17, 15) is 9.59 Å². The Bertz CT molecular complexity index is 833. The minimum absolute atomic E-state index is 0.0287. The summed E-state index contributed by atoms with van der Waals surface area (Å²) in [6.45, 7) is 12.9. The molecule has 1 aromatic carbocycles. The highest BCUT2D eigenvalue weighted by Crippen LogP contribution is 2.33. The third kappa shape index (κ3) is 5.28. The van der Waals surface area contributed by atoms with Crippen molar-refractivity contribution in [3.05, 3.63) is 46.7 Å². The maximum Gasteiger partial charge on any atom is 0.338 e. The van der Waals surface area contributed by atoms with Crippen LogP contribution in [0.1, 0.15) is 44.9 Å². The number of ether oxygens (including phenoxy) is 1. The van der Waals surface area contributed by atoms with E-state index in [0.717, 1.165) is 37.4 Å². The average molecular weight is 429 g/mol. The molecule has 0 aromatic heterocycles. The van der Waals surface area contributed by atoms with Crippen molar-refractivity contribution in [2.45, 2.75) is 39.2 Å². The van der Waals surface area contributed by atoms with Gasteiger partial charge in [-0.1, -0.05) is 45.0 Å². The van der Waals surface area contributed by atoms with Crippen molar-refractivity contribution in [3.63, 3.8) is 0 Å². The van der Waals surface area contributed by atoms with Crippen LogP contribution in [-0.4, -0.2) is 80.1 Å². The van der Waals surface area contributed by atoms with E-state index < -0.39 is 6.04 Å². The summed E-state index contributed by atoms with van der Waals surface area (Å²) in [6.07, 6.45) is 0. The molecule has 0 unspecified atom stereocenters.